The average molecular weight is 1990 g/mol. The van der Waals surface area contributed by atoms with Crippen LogP contribution >= 0.6 is 0 Å². The molecule has 0 spiro atoms. The minimum atomic E-state index is -6.72. The zero-order valence-corrected chi connectivity index (χ0v) is 94.3. The molecule has 0 aromatic rings. The Morgan fingerprint density at radius 2 is 0.504 bits per heavy atom. The number of ether oxygens (including phenoxy) is 15. The Kier molecular flexibility index (Phi) is 71.7. The van der Waals surface area contributed by atoms with Crippen molar-refractivity contribution in [2.24, 2.45) is 0 Å². The molecule has 0 aromatic carbocycles. The predicted octanol–water partition coefficient (Wildman–Crippen LogP) is -45.7. The SMILES string of the molecule is CCCCO[C@@H]1[C@@H](OS(=O)(=O)[O-])[C@H](O[C@H]2[C@H](OC)[C@@H](OC)[C@H](O[C@H]3[C@H](OS(=O)(=O)[O-])[C@@H](OS(=O)(=O)[O-])[C@H](O[C@H]4[C@H](OC)[C@@H](OS(=O)(=O)[O-])[C@H](O[C@H]5[C@H](OS(=O)(=O)[O-])[C@@H](OS(=O)(=O)[O-])[C@@H](OC)O[C@@H]5COS(=O)(=O)[O-])O[C@H]4C(=O)[O-])O[C@@H]3COS(=O)(=O)[O-])O[C@@H]2C(=O)[O-])O[C@H](COS(=O)(=O)[O-])[C@H]1OCCCC.[Na+].[Na+].[Na+].[Na+].[Na+].[Na+].[Na+].[Na+].[Na+].[Na+].[Na+]. The van der Waals surface area contributed by atoms with Crippen LogP contribution in [0.25, 0.3) is 0 Å². The van der Waals surface area contributed by atoms with Crippen LogP contribution in [0.2, 0.25) is 0 Å². The van der Waals surface area contributed by atoms with Gasteiger partial charge in [-0.3, -0.25) is 37.6 Å². The molecule has 0 aromatic heterocycles. The van der Waals surface area contributed by atoms with Crippen LogP contribution < -0.4 is 335 Å². The van der Waals surface area contributed by atoms with Crippen LogP contribution in [0.5, 0.6) is 0 Å². The quantitative estimate of drug-likeness (QED) is 0.0237. The van der Waals surface area contributed by atoms with Crippen LogP contribution in [0, 0.1) is 0 Å². The van der Waals surface area contributed by atoms with Gasteiger partial charge < -0.3 is 132 Å². The Balaban J connectivity index is -0.00000220. The van der Waals surface area contributed by atoms with Crippen molar-refractivity contribution in [3.05, 3.63) is 0 Å². The molecule has 5 aliphatic rings. The Bertz CT molecular complexity index is 4030. The minimum absolute atomic E-state index is 0. The molecule has 117 heavy (non-hydrogen) atoms. The number of rotatable bonds is 43. The summed E-state index contributed by atoms with van der Waals surface area (Å²) in [5.41, 5.74) is 0. The fourth-order valence-electron chi connectivity index (χ4n) is 10.7. The van der Waals surface area contributed by atoms with Gasteiger partial charge in [0.2, 0.25) is 93.6 Å². The number of carbonyl (C=O) groups is 2. The standard InChI is InChI=1S/C42H72O55S9.11Na/c1-7-9-11-78-19-16(13-80-98(47,48)49)84-40(33(95-104(65,66)67)24(19)79-12-10-8-2)88-25-22(74-3)31(76-5)39(90-29(25)36(43)44)86-21-18(15-82-100(53,54)55)85-41(35(97-106(71,72)73)28(21)93-102(59,60)61)89-26-23(75-4)32(94-103(62,63)64)42(91-30(26)37(45)46)87-20-17(14-81-99(50,51)52)83-38(77-6)34(96-105(68,69)70)27(20)92-101(56,57)58;;;;;;;;;;;/h16-35,38-42H,7-15H2,1-6H3,(H,43,44)(H,45,46)(H,47,48,49)(H,50,51,52)(H,53,54,55)(H,56,57,58)(H,59,60,61)(H,62,63,64)(H,65,66,67)(H,68,69,70)(H,71,72,73);;;;;;;;;;;/q;11*+1/p-11/t16-,17-,18-,19-,20-,21-,22+,23+,24+,25+,26+,27+,28+,29+,30-,31-,32-,33-,34-,35-,38+,39-,40+,41+,42-;;;;;;;;;;;/m1.........../s1. The van der Waals surface area contributed by atoms with Crippen LogP contribution in [-0.4, -0.2) is 344 Å². The first-order valence-corrected chi connectivity index (χ1v) is 40.8. The molecule has 5 fully saturated rings. The molecule has 0 amide bonds. The van der Waals surface area contributed by atoms with Gasteiger partial charge in [0.25, 0.3) is 0 Å². The van der Waals surface area contributed by atoms with Gasteiger partial charge >= 0.3 is 325 Å². The summed E-state index contributed by atoms with van der Waals surface area (Å²) in [6.45, 7) is -2.74. The van der Waals surface area contributed by atoms with E-state index in [-0.39, 0.29) is 351 Å². The molecule has 25 atom stereocenters. The van der Waals surface area contributed by atoms with Crippen molar-refractivity contribution in [1.29, 1.82) is 0 Å². The number of hydrogen-bond donors (Lipinski definition) is 0. The van der Waals surface area contributed by atoms with E-state index in [2.05, 4.69) is 33.5 Å². The first-order chi connectivity index (χ1) is 48.5. The maximum atomic E-state index is 13.3. The molecular formula is C42H61Na11O55S9. The smallest absolute Gasteiger partial charge is 0.726 e. The van der Waals surface area contributed by atoms with E-state index in [0.29, 0.717) is 41.3 Å². The van der Waals surface area contributed by atoms with Gasteiger partial charge in [0, 0.05) is 41.7 Å². The van der Waals surface area contributed by atoms with Crippen LogP contribution in [0.4, 0.5) is 0 Å². The molecule has 5 aliphatic heterocycles. The Hall–Kier alpha value is 8.17. The summed E-state index contributed by atoms with van der Waals surface area (Å²) in [4.78, 5) is 26.6. The summed E-state index contributed by atoms with van der Waals surface area (Å²) < 4.78 is 452. The van der Waals surface area contributed by atoms with Gasteiger partial charge in [0.15, 0.2) is 55.9 Å². The van der Waals surface area contributed by atoms with E-state index in [1.807, 2.05) is 0 Å². The third-order valence-electron chi connectivity index (χ3n) is 14.6. The van der Waals surface area contributed by atoms with Crippen molar-refractivity contribution in [3.8, 4) is 0 Å². The van der Waals surface area contributed by atoms with E-state index < -0.39 is 279 Å². The Morgan fingerprint density at radius 1 is 0.274 bits per heavy atom. The van der Waals surface area contributed by atoms with E-state index in [9.17, 15) is 137 Å². The molecule has 55 nitrogen and oxygen atoms in total. The summed E-state index contributed by atoms with van der Waals surface area (Å²) in [7, 11) is -54.5. The number of carboxylic acid groups (broad SMARTS) is 2. The molecule has 75 heteroatoms. The van der Waals surface area contributed by atoms with Gasteiger partial charge in [0.1, 0.15) is 97.7 Å². The van der Waals surface area contributed by atoms with Crippen molar-refractivity contribution in [2.45, 2.75) is 193 Å². The fourth-order valence-corrected chi connectivity index (χ4v) is 14.5. The minimum Gasteiger partial charge on any atom is -0.726 e. The van der Waals surface area contributed by atoms with Crippen molar-refractivity contribution in [3.63, 3.8) is 0 Å². The van der Waals surface area contributed by atoms with Crippen molar-refractivity contribution >= 4 is 106 Å². The predicted molar refractivity (Wildman–Crippen MR) is 296 cm³/mol. The Labute approximate surface area is 914 Å². The molecule has 0 bridgehead atoms. The van der Waals surface area contributed by atoms with E-state index >= 15 is 0 Å². The van der Waals surface area contributed by atoms with Crippen molar-refractivity contribution in [1.82, 2.24) is 0 Å². The molecule has 0 saturated carbocycles. The molecular weight excluding hydrogens is 1930 g/mol. The number of aliphatic carboxylic acids is 2. The van der Waals surface area contributed by atoms with E-state index in [1.165, 1.54) is 0 Å². The molecule has 0 radical (unpaired) electrons. The summed E-state index contributed by atoms with van der Waals surface area (Å²) in [5.74, 6) is -5.38. The van der Waals surface area contributed by atoms with Crippen LogP contribution in [0.1, 0.15) is 39.5 Å². The molecule has 0 unspecified atom stereocenters. The molecule has 5 saturated heterocycles. The molecule has 0 aliphatic carbocycles. The van der Waals surface area contributed by atoms with E-state index in [0.717, 1.165) is 0 Å². The topological polar surface area (TPSA) is 817 Å². The van der Waals surface area contributed by atoms with Crippen LogP contribution in [0.3, 0.4) is 0 Å². The number of hydrogen-bond acceptors (Lipinski definition) is 55. The van der Waals surface area contributed by atoms with Gasteiger partial charge in [-0.05, 0) is 12.8 Å². The number of carboxylic acids is 2. The molecule has 5 rings (SSSR count). The average Bonchev–Trinajstić information content (AvgIpc) is 0.753. The maximum Gasteiger partial charge on any atom is 1.00 e. The first kappa shape index (κ1) is 138. The summed E-state index contributed by atoms with van der Waals surface area (Å²) in [5, 5.41) is 26.6. The summed E-state index contributed by atoms with van der Waals surface area (Å²) >= 11 is 0. The number of unbranched alkanes of at least 4 members (excludes halogenated alkanes) is 2. The van der Waals surface area contributed by atoms with E-state index in [4.69, 9.17) is 75.2 Å². The second kappa shape index (κ2) is 60.7. The summed E-state index contributed by atoms with van der Waals surface area (Å²) in [6, 6.07) is 0. The van der Waals surface area contributed by atoms with Gasteiger partial charge in [-0.25, -0.2) is 75.8 Å². The van der Waals surface area contributed by atoms with Gasteiger partial charge in [0.05, 0.1) is 31.8 Å². The monoisotopic (exact) mass is 1990 g/mol. The van der Waals surface area contributed by atoms with Crippen molar-refractivity contribution < 1.29 is 570 Å². The largest absolute Gasteiger partial charge is 1.00 e. The molecule has 624 valence electrons. The second-order valence-electron chi connectivity index (χ2n) is 21.6. The third kappa shape index (κ3) is 47.2. The fraction of sp³-hybridized carbons (Fsp3) is 0.952. The third-order valence-corrected chi connectivity index (χ3v) is 18.6. The molecule has 0 N–H and O–H groups in total. The maximum absolute atomic E-state index is 13.3. The number of methoxy groups -OCH3 is 4. The van der Waals surface area contributed by atoms with E-state index in [1.54, 1.807) is 13.8 Å². The zero-order valence-electron chi connectivity index (χ0n) is 64.9. The first-order valence-electron chi connectivity index (χ1n) is 28.8. The molecule has 5 heterocycles. The van der Waals surface area contributed by atoms with Crippen LogP contribution in [-0.2, 0) is 212 Å². The Morgan fingerprint density at radius 3 is 0.778 bits per heavy atom. The summed E-state index contributed by atoms with van der Waals surface area (Å²) in [6.07, 6.45) is -71.2. The normalized spacial score (nSPS) is 31.7. The number of carbonyl (C=O) groups excluding carboxylic acids is 2. The van der Waals surface area contributed by atoms with Gasteiger partial charge in [-0.15, -0.1) is 0 Å². The second-order valence-corrected chi connectivity index (χ2v) is 30.8. The zero-order chi connectivity index (χ0) is 80.4. The van der Waals surface area contributed by atoms with Gasteiger partial charge in [-0.1, -0.05) is 26.7 Å². The van der Waals surface area contributed by atoms with Crippen LogP contribution in [0.15, 0.2) is 0 Å². The van der Waals surface area contributed by atoms with Gasteiger partial charge in [-0.2, -0.15) is 0 Å². The van der Waals surface area contributed by atoms with Crippen molar-refractivity contribution in [2.75, 3.05) is 61.5 Å².